The Kier molecular flexibility index (Phi) is 8.50. The van der Waals surface area contributed by atoms with Crippen molar-refractivity contribution in [3.05, 3.63) is 0 Å². The van der Waals surface area contributed by atoms with Gasteiger partial charge in [0.15, 0.2) is 0 Å². The maximum absolute atomic E-state index is 12.5. The van der Waals surface area contributed by atoms with Crippen LogP contribution >= 0.6 is 12.6 Å². The molecule has 0 bridgehead atoms. The molecule has 0 spiro atoms. The molecule has 0 aromatic heterocycles. The largest absolute Gasteiger partial charge is 0.480 e. The van der Waals surface area contributed by atoms with Gasteiger partial charge >= 0.3 is 5.97 Å². The monoisotopic (exact) mass is 403 g/mol. The second-order valence-electron chi connectivity index (χ2n) is 6.28. The number of nitrogens with zero attached hydrogens (tertiary/aromatic N) is 1. The van der Waals surface area contributed by atoms with Crippen LogP contribution in [0.5, 0.6) is 0 Å². The lowest BCUT2D eigenvalue weighted by atomic mass is 10.1. The minimum atomic E-state index is -1.22. The molecular formula is C15H25N5O6S. The van der Waals surface area contributed by atoms with Gasteiger partial charge in [0, 0.05) is 12.3 Å². The van der Waals surface area contributed by atoms with Crippen LogP contribution in [-0.2, 0) is 24.0 Å². The van der Waals surface area contributed by atoms with Gasteiger partial charge in [0.1, 0.15) is 18.1 Å². The molecule has 27 heavy (non-hydrogen) atoms. The van der Waals surface area contributed by atoms with Gasteiger partial charge in [-0.25, -0.2) is 0 Å². The Morgan fingerprint density at radius 2 is 1.89 bits per heavy atom. The SMILES string of the molecule is CC(NC(=O)C(CS)NC(=O)C1CCCN1C(=O)C(N)CC(N)=O)C(=O)O. The van der Waals surface area contributed by atoms with E-state index in [0.29, 0.717) is 12.8 Å². The summed E-state index contributed by atoms with van der Waals surface area (Å²) < 4.78 is 0. The summed E-state index contributed by atoms with van der Waals surface area (Å²) in [6, 6.07) is -4.19. The summed E-state index contributed by atoms with van der Waals surface area (Å²) in [5.41, 5.74) is 10.7. The van der Waals surface area contributed by atoms with Gasteiger partial charge in [-0.2, -0.15) is 12.6 Å². The van der Waals surface area contributed by atoms with Crippen LogP contribution in [0, 0.1) is 0 Å². The molecule has 12 heteroatoms. The van der Waals surface area contributed by atoms with E-state index in [2.05, 4.69) is 23.3 Å². The number of rotatable bonds is 9. The van der Waals surface area contributed by atoms with Crippen molar-refractivity contribution in [2.75, 3.05) is 12.3 Å². The van der Waals surface area contributed by atoms with E-state index in [-0.39, 0.29) is 18.7 Å². The van der Waals surface area contributed by atoms with Crippen LogP contribution in [0.15, 0.2) is 0 Å². The lowest BCUT2D eigenvalue weighted by molar-refractivity contribution is -0.142. The molecule has 7 N–H and O–H groups in total. The van der Waals surface area contributed by atoms with Crippen molar-refractivity contribution in [3.8, 4) is 0 Å². The zero-order chi connectivity index (χ0) is 20.7. The van der Waals surface area contributed by atoms with Crippen molar-refractivity contribution in [2.24, 2.45) is 11.5 Å². The van der Waals surface area contributed by atoms with Crippen molar-refractivity contribution in [1.82, 2.24) is 15.5 Å². The molecule has 1 fully saturated rings. The highest BCUT2D eigenvalue weighted by atomic mass is 32.1. The fourth-order valence-electron chi connectivity index (χ4n) is 2.66. The quantitative estimate of drug-likeness (QED) is 0.224. The van der Waals surface area contributed by atoms with Crippen molar-refractivity contribution in [2.45, 2.75) is 50.4 Å². The van der Waals surface area contributed by atoms with E-state index in [9.17, 15) is 24.0 Å². The highest BCUT2D eigenvalue weighted by Gasteiger charge is 2.37. The van der Waals surface area contributed by atoms with Crippen molar-refractivity contribution >= 4 is 42.2 Å². The van der Waals surface area contributed by atoms with Gasteiger partial charge in [-0.3, -0.25) is 24.0 Å². The Balaban J connectivity index is 2.75. The average Bonchev–Trinajstić information content (AvgIpc) is 3.07. The van der Waals surface area contributed by atoms with E-state index in [1.165, 1.54) is 11.8 Å². The van der Waals surface area contributed by atoms with E-state index in [0.717, 1.165) is 0 Å². The summed E-state index contributed by atoms with van der Waals surface area (Å²) in [5.74, 6) is -3.86. The van der Waals surface area contributed by atoms with Crippen LogP contribution in [0.4, 0.5) is 0 Å². The van der Waals surface area contributed by atoms with Gasteiger partial charge in [0.05, 0.1) is 12.5 Å². The number of likely N-dealkylation sites (tertiary alicyclic amines) is 1. The lowest BCUT2D eigenvalue weighted by Crippen LogP contribution is -2.57. The third-order valence-corrected chi connectivity index (χ3v) is 4.49. The van der Waals surface area contributed by atoms with Gasteiger partial charge in [-0.15, -0.1) is 0 Å². The van der Waals surface area contributed by atoms with Crippen LogP contribution in [0.25, 0.3) is 0 Å². The molecule has 4 atom stereocenters. The molecule has 0 aromatic rings. The maximum atomic E-state index is 12.5. The number of aliphatic carboxylic acids is 1. The minimum Gasteiger partial charge on any atom is -0.480 e. The van der Waals surface area contributed by atoms with Crippen molar-refractivity contribution in [1.29, 1.82) is 0 Å². The Bertz CT molecular complexity index is 616. The van der Waals surface area contributed by atoms with Gasteiger partial charge in [-0.05, 0) is 19.8 Å². The number of primary amides is 1. The number of nitrogens with one attached hydrogen (secondary N) is 2. The number of carboxylic acids is 1. The highest BCUT2D eigenvalue weighted by molar-refractivity contribution is 7.80. The molecule has 0 aliphatic carbocycles. The zero-order valence-electron chi connectivity index (χ0n) is 14.9. The van der Waals surface area contributed by atoms with E-state index in [4.69, 9.17) is 16.6 Å². The molecule has 4 unspecified atom stereocenters. The normalized spacial score (nSPS) is 19.7. The van der Waals surface area contributed by atoms with Crippen molar-refractivity contribution < 1.29 is 29.1 Å². The van der Waals surface area contributed by atoms with E-state index < -0.39 is 53.8 Å². The molecule has 152 valence electrons. The van der Waals surface area contributed by atoms with Crippen LogP contribution < -0.4 is 22.1 Å². The summed E-state index contributed by atoms with van der Waals surface area (Å²) in [6.45, 7) is 1.58. The summed E-state index contributed by atoms with van der Waals surface area (Å²) in [5, 5.41) is 13.6. The fraction of sp³-hybridized carbons (Fsp3) is 0.667. The predicted molar refractivity (Wildman–Crippen MR) is 97.5 cm³/mol. The van der Waals surface area contributed by atoms with Gasteiger partial charge in [-0.1, -0.05) is 0 Å². The number of hydrogen-bond donors (Lipinski definition) is 6. The van der Waals surface area contributed by atoms with Gasteiger partial charge in [0.2, 0.25) is 23.6 Å². The molecule has 1 rings (SSSR count). The molecule has 0 radical (unpaired) electrons. The van der Waals surface area contributed by atoms with E-state index in [1.807, 2.05) is 0 Å². The summed E-state index contributed by atoms with van der Waals surface area (Å²) in [4.78, 5) is 60.0. The second-order valence-corrected chi connectivity index (χ2v) is 6.64. The maximum Gasteiger partial charge on any atom is 0.325 e. The smallest absolute Gasteiger partial charge is 0.325 e. The number of thiol groups is 1. The first-order valence-electron chi connectivity index (χ1n) is 8.37. The average molecular weight is 403 g/mol. The Labute approximate surface area is 161 Å². The molecule has 4 amide bonds. The molecule has 1 aliphatic rings. The van der Waals surface area contributed by atoms with Crippen LogP contribution in [0.2, 0.25) is 0 Å². The third-order valence-electron chi connectivity index (χ3n) is 4.12. The number of carboxylic acid groups (broad SMARTS) is 1. The van der Waals surface area contributed by atoms with Gasteiger partial charge in [0.25, 0.3) is 0 Å². The molecule has 1 heterocycles. The minimum absolute atomic E-state index is 0.0637. The predicted octanol–water partition coefficient (Wildman–Crippen LogP) is -2.82. The first kappa shape index (κ1) is 22.7. The fourth-order valence-corrected chi connectivity index (χ4v) is 2.91. The first-order chi connectivity index (χ1) is 12.6. The lowest BCUT2D eigenvalue weighted by Gasteiger charge is -2.28. The van der Waals surface area contributed by atoms with Crippen LogP contribution in [0.1, 0.15) is 26.2 Å². The number of amides is 4. The molecule has 1 saturated heterocycles. The highest BCUT2D eigenvalue weighted by Crippen LogP contribution is 2.19. The van der Waals surface area contributed by atoms with Crippen molar-refractivity contribution in [3.63, 3.8) is 0 Å². The Morgan fingerprint density at radius 3 is 2.41 bits per heavy atom. The molecular weight excluding hydrogens is 378 g/mol. The van der Waals surface area contributed by atoms with E-state index in [1.54, 1.807) is 0 Å². The Hall–Kier alpha value is -2.34. The molecule has 0 aromatic carbocycles. The van der Waals surface area contributed by atoms with E-state index >= 15 is 0 Å². The summed E-state index contributed by atoms with van der Waals surface area (Å²) in [6.07, 6.45) is 0.590. The summed E-state index contributed by atoms with van der Waals surface area (Å²) >= 11 is 4.00. The Morgan fingerprint density at radius 1 is 1.26 bits per heavy atom. The molecule has 0 saturated carbocycles. The van der Waals surface area contributed by atoms with Gasteiger partial charge < -0.3 is 32.1 Å². The number of carbonyl (C=O) groups is 5. The zero-order valence-corrected chi connectivity index (χ0v) is 15.8. The standard InChI is InChI=1S/C15H25N5O6S/c1-7(15(25)26)18-12(22)9(6-27)19-13(23)10-3-2-4-20(10)14(24)8(16)5-11(17)21/h7-10,27H,2-6,16H2,1H3,(H2,17,21)(H,18,22)(H,19,23)(H,25,26). The number of hydrogen-bond acceptors (Lipinski definition) is 7. The third kappa shape index (κ3) is 6.40. The topological polar surface area (TPSA) is 185 Å². The van der Waals surface area contributed by atoms with Crippen LogP contribution in [-0.4, -0.2) is 76.1 Å². The second kappa shape index (κ2) is 10.1. The number of nitrogens with two attached hydrogens (primary N) is 2. The van der Waals surface area contributed by atoms with Crippen LogP contribution in [0.3, 0.4) is 0 Å². The molecule has 1 aliphatic heterocycles. The first-order valence-corrected chi connectivity index (χ1v) is 9.00. The molecule has 11 nitrogen and oxygen atoms in total. The summed E-state index contributed by atoms with van der Waals surface area (Å²) in [7, 11) is 0. The number of carbonyl (C=O) groups excluding carboxylic acids is 4.